The molecule has 0 bridgehead atoms. The first kappa shape index (κ1) is 34.1. The van der Waals surface area contributed by atoms with Crippen LogP contribution in [-0.4, -0.2) is 104 Å². The fourth-order valence-electron chi connectivity index (χ4n) is 5.42. The Bertz CT molecular complexity index is 2020. The SMILES string of the molecule is CN1CCN(CCn2ccc(Oc3ncc(Nc4ncc5cc(-c6c(Cl)cccc6Cl)c(=O)n(C)c5n4)cc3CNC(=O)N(C)C)n2)CC1. The molecular formula is C33H37Cl2N11O3. The molecule has 0 spiro atoms. The molecule has 0 saturated carbocycles. The Morgan fingerprint density at radius 2 is 1.76 bits per heavy atom. The summed E-state index contributed by atoms with van der Waals surface area (Å²) in [5, 5.41) is 12.0. The van der Waals surface area contributed by atoms with E-state index >= 15 is 0 Å². The van der Waals surface area contributed by atoms with Gasteiger partial charge in [-0.2, -0.15) is 4.98 Å². The van der Waals surface area contributed by atoms with Gasteiger partial charge in [0.25, 0.3) is 5.56 Å². The lowest BCUT2D eigenvalue weighted by molar-refractivity contribution is 0.148. The van der Waals surface area contributed by atoms with E-state index in [4.69, 9.17) is 27.9 Å². The second-order valence-corrected chi connectivity index (χ2v) is 12.8. The van der Waals surface area contributed by atoms with Crippen LogP contribution < -0.4 is 20.9 Å². The zero-order valence-electron chi connectivity index (χ0n) is 27.7. The summed E-state index contributed by atoms with van der Waals surface area (Å²) in [4.78, 5) is 45.6. The molecule has 256 valence electrons. The molecule has 0 aliphatic carbocycles. The monoisotopic (exact) mass is 705 g/mol. The molecule has 5 heterocycles. The number of hydrogen-bond acceptors (Lipinski definition) is 10. The van der Waals surface area contributed by atoms with Crippen LogP contribution in [0.2, 0.25) is 10.0 Å². The number of pyridine rings is 2. The van der Waals surface area contributed by atoms with Crippen molar-refractivity contribution in [3.8, 4) is 22.9 Å². The largest absolute Gasteiger partial charge is 0.419 e. The predicted molar refractivity (Wildman–Crippen MR) is 190 cm³/mol. The molecule has 14 nitrogen and oxygen atoms in total. The molecule has 5 aromatic rings. The Morgan fingerprint density at radius 3 is 2.49 bits per heavy atom. The lowest BCUT2D eigenvalue weighted by Gasteiger charge is -2.32. The Labute approximate surface area is 293 Å². The van der Waals surface area contributed by atoms with Crippen molar-refractivity contribution in [3.05, 3.63) is 81.0 Å². The molecule has 6 rings (SSSR count). The van der Waals surface area contributed by atoms with Gasteiger partial charge in [0, 0.05) is 95.4 Å². The smallest absolute Gasteiger partial charge is 0.317 e. The van der Waals surface area contributed by atoms with E-state index in [1.54, 1.807) is 69.9 Å². The number of halogens is 2. The summed E-state index contributed by atoms with van der Waals surface area (Å²) in [5.41, 5.74) is 2.04. The van der Waals surface area contributed by atoms with Crippen LogP contribution in [0.5, 0.6) is 11.8 Å². The molecule has 2 N–H and O–H groups in total. The summed E-state index contributed by atoms with van der Waals surface area (Å²) in [7, 11) is 7.09. The molecule has 49 heavy (non-hydrogen) atoms. The maximum absolute atomic E-state index is 13.4. The first-order valence-electron chi connectivity index (χ1n) is 15.7. The van der Waals surface area contributed by atoms with Crippen molar-refractivity contribution in [1.82, 2.24) is 49.3 Å². The van der Waals surface area contributed by atoms with Crippen LogP contribution in [-0.2, 0) is 20.1 Å². The molecule has 0 unspecified atom stereocenters. The summed E-state index contributed by atoms with van der Waals surface area (Å²) in [5.74, 6) is 0.924. The number of piperazine rings is 1. The van der Waals surface area contributed by atoms with Gasteiger partial charge in [0.2, 0.25) is 17.7 Å². The second kappa shape index (κ2) is 14.8. The number of carbonyl (C=O) groups excluding carboxylic acids is 1. The maximum atomic E-state index is 13.4. The molecule has 1 saturated heterocycles. The highest BCUT2D eigenvalue weighted by molar-refractivity contribution is 6.39. The minimum Gasteiger partial charge on any atom is -0.419 e. The van der Waals surface area contributed by atoms with Crippen LogP contribution in [0.15, 0.2) is 59.8 Å². The van der Waals surface area contributed by atoms with Crippen molar-refractivity contribution >= 4 is 51.9 Å². The van der Waals surface area contributed by atoms with Gasteiger partial charge in [-0.15, -0.1) is 5.10 Å². The standard InChI is InChI=1S/C33H37Cl2N11O3/c1-42(2)33(48)38-19-22-16-23(20-36-30(22)49-27-8-9-46(41-27)15-14-45-12-10-43(3)11-13-45)39-32-37-18-21-17-24(31(47)44(4)29(21)40-32)28-25(34)6-5-7-26(28)35/h5-9,16-18,20H,10-15,19H2,1-4H3,(H,38,48)(H,37,39,40). The van der Waals surface area contributed by atoms with Crippen molar-refractivity contribution < 1.29 is 9.53 Å². The predicted octanol–water partition coefficient (Wildman–Crippen LogP) is 4.45. The molecule has 1 fully saturated rings. The van der Waals surface area contributed by atoms with Gasteiger partial charge in [-0.3, -0.25) is 18.9 Å². The van der Waals surface area contributed by atoms with Gasteiger partial charge in [-0.05, 0) is 31.3 Å². The number of likely N-dealkylation sites (N-methyl/N-ethyl adjacent to an activating group) is 1. The highest BCUT2D eigenvalue weighted by atomic mass is 35.5. The maximum Gasteiger partial charge on any atom is 0.317 e. The zero-order chi connectivity index (χ0) is 34.7. The van der Waals surface area contributed by atoms with E-state index in [-0.39, 0.29) is 24.1 Å². The van der Waals surface area contributed by atoms with Gasteiger partial charge in [-0.25, -0.2) is 14.8 Å². The van der Waals surface area contributed by atoms with E-state index in [1.807, 2.05) is 10.9 Å². The highest BCUT2D eigenvalue weighted by Gasteiger charge is 2.18. The topological polar surface area (TPSA) is 139 Å². The fourth-order valence-corrected chi connectivity index (χ4v) is 6.02. The van der Waals surface area contributed by atoms with E-state index in [2.05, 4.69) is 47.5 Å². The number of aryl methyl sites for hydroxylation is 1. The third kappa shape index (κ3) is 7.94. The number of benzene rings is 1. The first-order chi connectivity index (χ1) is 23.5. The number of carbonyl (C=O) groups is 1. The minimum atomic E-state index is -0.309. The van der Waals surface area contributed by atoms with Gasteiger partial charge in [0.15, 0.2) is 0 Å². The molecule has 16 heteroatoms. The molecule has 4 aromatic heterocycles. The summed E-state index contributed by atoms with van der Waals surface area (Å²) >= 11 is 12.8. The Kier molecular flexibility index (Phi) is 10.3. The Balaban J connectivity index is 1.22. The molecule has 1 aliphatic rings. The Morgan fingerprint density at radius 1 is 1.00 bits per heavy atom. The number of amides is 2. The van der Waals surface area contributed by atoms with Crippen LogP contribution in [0.3, 0.4) is 0 Å². The fraction of sp³-hybridized carbons (Fsp3) is 0.333. The molecular weight excluding hydrogens is 669 g/mol. The van der Waals surface area contributed by atoms with Gasteiger partial charge >= 0.3 is 6.03 Å². The van der Waals surface area contributed by atoms with Crippen LogP contribution >= 0.6 is 23.2 Å². The van der Waals surface area contributed by atoms with Crippen molar-refractivity contribution in [2.45, 2.75) is 13.1 Å². The van der Waals surface area contributed by atoms with Gasteiger partial charge in [0.1, 0.15) is 5.65 Å². The van der Waals surface area contributed by atoms with Crippen molar-refractivity contribution in [1.29, 1.82) is 0 Å². The lowest BCUT2D eigenvalue weighted by atomic mass is 10.1. The van der Waals surface area contributed by atoms with Crippen LogP contribution in [0.4, 0.5) is 16.4 Å². The molecule has 0 atom stereocenters. The average Bonchev–Trinajstić information content (AvgIpc) is 3.53. The van der Waals surface area contributed by atoms with Gasteiger partial charge in [0.05, 0.1) is 34.0 Å². The second-order valence-electron chi connectivity index (χ2n) is 12.0. The quantitative estimate of drug-likeness (QED) is 0.214. The third-order valence-corrected chi connectivity index (χ3v) is 8.89. The van der Waals surface area contributed by atoms with Crippen LogP contribution in [0.25, 0.3) is 22.2 Å². The van der Waals surface area contributed by atoms with Crippen LogP contribution in [0, 0.1) is 0 Å². The van der Waals surface area contributed by atoms with Crippen molar-refractivity contribution in [3.63, 3.8) is 0 Å². The number of fused-ring (bicyclic) bond motifs is 1. The number of ether oxygens (including phenoxy) is 1. The van der Waals surface area contributed by atoms with E-state index in [0.29, 0.717) is 55.2 Å². The van der Waals surface area contributed by atoms with E-state index in [1.165, 1.54) is 9.47 Å². The number of aromatic nitrogens is 6. The first-order valence-corrected chi connectivity index (χ1v) is 16.5. The van der Waals surface area contributed by atoms with Crippen molar-refractivity contribution in [2.75, 3.05) is 59.2 Å². The Hall–Kier alpha value is -4.76. The summed E-state index contributed by atoms with van der Waals surface area (Å²) in [6.45, 7) is 5.97. The number of anilines is 2. The van der Waals surface area contributed by atoms with E-state index in [0.717, 1.165) is 39.3 Å². The van der Waals surface area contributed by atoms with E-state index < -0.39 is 0 Å². The van der Waals surface area contributed by atoms with Crippen molar-refractivity contribution in [2.24, 2.45) is 7.05 Å². The molecule has 1 aliphatic heterocycles. The van der Waals surface area contributed by atoms with Gasteiger partial charge < -0.3 is 25.2 Å². The van der Waals surface area contributed by atoms with Gasteiger partial charge in [-0.1, -0.05) is 29.3 Å². The van der Waals surface area contributed by atoms with Crippen LogP contribution in [0.1, 0.15) is 5.56 Å². The number of rotatable bonds is 10. The third-order valence-electron chi connectivity index (χ3n) is 8.26. The zero-order valence-corrected chi connectivity index (χ0v) is 29.2. The summed E-state index contributed by atoms with van der Waals surface area (Å²) in [6, 6.07) is 10.1. The summed E-state index contributed by atoms with van der Waals surface area (Å²) in [6.07, 6.45) is 5.07. The number of urea groups is 1. The summed E-state index contributed by atoms with van der Waals surface area (Å²) < 4.78 is 9.38. The molecule has 1 aromatic carbocycles. The van der Waals surface area contributed by atoms with E-state index in [9.17, 15) is 9.59 Å². The molecule has 0 radical (unpaired) electrons. The number of hydrogen-bond donors (Lipinski definition) is 2. The highest BCUT2D eigenvalue weighted by Crippen LogP contribution is 2.34. The minimum absolute atomic E-state index is 0.138. The average molecular weight is 707 g/mol. The lowest BCUT2D eigenvalue weighted by Crippen LogP contribution is -2.45. The normalized spacial score (nSPS) is 13.8. The molecule has 2 amide bonds. The number of nitrogens with zero attached hydrogens (tertiary/aromatic N) is 9. The number of nitrogens with one attached hydrogen (secondary N) is 2.